The summed E-state index contributed by atoms with van der Waals surface area (Å²) in [4.78, 5) is 20.0. The molecule has 0 saturated heterocycles. The number of rotatable bonds is 10. The van der Waals surface area contributed by atoms with Gasteiger partial charge in [0.1, 0.15) is 48.8 Å². The zero-order valence-corrected chi connectivity index (χ0v) is 20.6. The van der Waals surface area contributed by atoms with Gasteiger partial charge >= 0.3 is 0 Å². The number of aliphatic hydroxyl groups is 10. The van der Waals surface area contributed by atoms with Crippen LogP contribution in [0.4, 0.5) is 0 Å². The molecule has 0 rings (SSSR count). The van der Waals surface area contributed by atoms with Crippen LogP contribution in [0.2, 0.25) is 0 Å². The third-order valence-corrected chi connectivity index (χ3v) is 2.99. The second-order valence-electron chi connectivity index (χ2n) is 4.99. The Kier molecular flexibility index (Phi) is 38.6. The van der Waals surface area contributed by atoms with Crippen LogP contribution in [0.15, 0.2) is 0 Å². The predicted molar refractivity (Wildman–Crippen MR) is 92.9 cm³/mol. The van der Waals surface area contributed by atoms with E-state index < -0.39 is 74.0 Å². The van der Waals surface area contributed by atoms with E-state index in [2.05, 4.69) is 0 Å². The molecule has 8 unspecified atom stereocenters. The Balaban J connectivity index is -0.0000000640. The van der Waals surface area contributed by atoms with E-state index in [4.69, 9.17) is 51.1 Å². The van der Waals surface area contributed by atoms with Gasteiger partial charge in [-0.25, -0.2) is 0 Å². The van der Waals surface area contributed by atoms with Crippen molar-refractivity contribution in [2.75, 3.05) is 13.2 Å². The van der Waals surface area contributed by atoms with Crippen molar-refractivity contribution in [3.8, 4) is 0 Å². The number of carboxylic acids is 2. The maximum Gasteiger partial charge on any atom is 0.122 e. The Morgan fingerprint density at radius 3 is 0.903 bits per heavy atom. The summed E-state index contributed by atoms with van der Waals surface area (Å²) in [6.07, 6.45) is -16.2. The van der Waals surface area contributed by atoms with E-state index in [1.54, 1.807) is 0 Å². The third-order valence-electron chi connectivity index (χ3n) is 2.99. The molecule has 31 heavy (non-hydrogen) atoms. The van der Waals surface area contributed by atoms with Crippen molar-refractivity contribution < 1.29 is 87.3 Å². The number of carbonyl (C=O) groups excluding carboxylic acids is 2. The zero-order valence-electron chi connectivity index (χ0n) is 15.5. The van der Waals surface area contributed by atoms with Crippen molar-refractivity contribution in [3.63, 3.8) is 0 Å². The molecule has 17 nitrogen and oxygen atoms in total. The Bertz CT molecular complexity index is 392. The second-order valence-corrected chi connectivity index (χ2v) is 4.99. The fraction of sp³-hybridized carbons (Fsp3) is 0.833. The molecule has 0 spiro atoms. The topological polar surface area (TPSA) is 376 Å². The molecule has 0 aromatic carbocycles. The van der Waals surface area contributed by atoms with Crippen molar-refractivity contribution in [1.82, 2.24) is 0 Å². The summed E-state index contributed by atoms with van der Waals surface area (Å²) in [5.41, 5.74) is 0. The minimum absolute atomic E-state index is 0. The van der Waals surface area contributed by atoms with E-state index in [-0.39, 0.29) is 65.3 Å². The molecule has 0 aromatic rings. The number of hydrogen-bond acceptors (Lipinski definition) is 15. The minimum atomic E-state index is -2.31. The molecular weight excluding hydrogens is 660 g/mol. The van der Waals surface area contributed by atoms with Gasteiger partial charge in [0, 0.05) is 48.9 Å². The first kappa shape index (κ1) is 48.5. The number of carbonyl (C=O) groups is 2. The molecule has 0 aliphatic carbocycles. The van der Waals surface area contributed by atoms with Gasteiger partial charge in [-0.2, -0.15) is 0 Å². The van der Waals surface area contributed by atoms with Crippen molar-refractivity contribution >= 4 is 60.8 Å². The van der Waals surface area contributed by atoms with Crippen LogP contribution >= 0.6 is 0 Å². The molecule has 15 N–H and O–H groups in total. The number of hydrogen-bond donors (Lipinski definition) is 10. The van der Waals surface area contributed by atoms with Gasteiger partial charge in [0.25, 0.3) is 0 Å². The van der Waals surface area contributed by atoms with Crippen LogP contribution < -0.4 is 10.2 Å². The fourth-order valence-corrected chi connectivity index (χ4v) is 1.32. The minimum Gasteiger partial charge on any atom is -0.870 e. The van der Waals surface area contributed by atoms with Gasteiger partial charge in [0.05, 0.1) is 25.2 Å². The first-order valence-corrected chi connectivity index (χ1v) is 6.91. The summed E-state index contributed by atoms with van der Waals surface area (Å²) in [6, 6.07) is 0. The van der Waals surface area contributed by atoms with E-state index in [1.807, 2.05) is 0 Å². The van der Waals surface area contributed by atoms with Gasteiger partial charge in [0.15, 0.2) is 0 Å². The quantitative estimate of drug-likeness (QED) is 0.0954. The number of carboxylic acid groups (broad SMARTS) is 2. The predicted octanol–water partition coefficient (Wildman–Crippen LogP) is -12.2. The standard InChI is InChI=1S/2C6H12O7.3H2O.2Sb/c2*7-1-2(8)3(9)4(10)5(11)6(12)13;;;;;/h2*2-5,7-11H,1H2,(H,12,13);3*1H2;;/p-3. The molecule has 0 aliphatic heterocycles. The largest absolute Gasteiger partial charge is 0.870 e. The van der Waals surface area contributed by atoms with Crippen LogP contribution in [-0.4, -0.2) is 190 Å². The molecule has 0 fully saturated rings. The Labute approximate surface area is 209 Å². The SMILES string of the molecule is O.O.O=C([O-])C(O)C(O)C(O)C(O)CO.O=C([O-])C(O)C(O)C(O)C(O)CO.[OH-].[Sb].[Sb]. The van der Waals surface area contributed by atoms with Gasteiger partial charge < -0.3 is 87.3 Å². The molecule has 0 bridgehead atoms. The van der Waals surface area contributed by atoms with Crippen LogP contribution in [0, 0.1) is 0 Å². The maximum absolute atomic E-state index is 9.98. The van der Waals surface area contributed by atoms with Gasteiger partial charge in [-0.3, -0.25) is 0 Å². The van der Waals surface area contributed by atoms with Crippen LogP contribution in [-0.2, 0) is 9.59 Å². The van der Waals surface area contributed by atoms with Gasteiger partial charge in [-0.1, -0.05) is 0 Å². The first-order chi connectivity index (χ1) is 11.8. The van der Waals surface area contributed by atoms with E-state index in [0.717, 1.165) is 0 Å². The number of aliphatic carboxylic acids is 2. The Morgan fingerprint density at radius 1 is 0.581 bits per heavy atom. The first-order valence-electron chi connectivity index (χ1n) is 6.91. The van der Waals surface area contributed by atoms with E-state index in [1.165, 1.54) is 0 Å². The molecule has 19 heteroatoms. The maximum atomic E-state index is 9.98. The molecule has 0 saturated carbocycles. The molecule has 0 aliphatic rings. The van der Waals surface area contributed by atoms with Crippen molar-refractivity contribution in [2.24, 2.45) is 0 Å². The van der Waals surface area contributed by atoms with Crippen LogP contribution in [0.3, 0.4) is 0 Å². The summed E-state index contributed by atoms with van der Waals surface area (Å²) >= 11 is 0. The normalized spacial score (nSPS) is 17.1. The molecular formula is C12H27O17Sb2-3. The molecule has 0 heterocycles. The Hall–Kier alpha value is 0.0564. The molecule has 0 amide bonds. The second kappa shape index (κ2) is 24.7. The van der Waals surface area contributed by atoms with Crippen LogP contribution in [0.25, 0.3) is 0 Å². The molecule has 6 radical (unpaired) electrons. The summed E-state index contributed by atoms with van der Waals surface area (Å²) in [5.74, 6) is -3.95. The van der Waals surface area contributed by atoms with Crippen molar-refractivity contribution in [3.05, 3.63) is 0 Å². The summed E-state index contributed by atoms with van der Waals surface area (Å²) < 4.78 is 0. The average molecular weight is 687 g/mol. The molecule has 8 atom stereocenters. The monoisotopic (exact) mass is 685 g/mol. The van der Waals surface area contributed by atoms with Gasteiger partial charge in [-0.15, -0.1) is 0 Å². The molecule has 190 valence electrons. The number of aliphatic hydroxyl groups excluding tert-OH is 10. The van der Waals surface area contributed by atoms with E-state index in [9.17, 15) is 19.8 Å². The van der Waals surface area contributed by atoms with E-state index >= 15 is 0 Å². The fourth-order valence-electron chi connectivity index (χ4n) is 1.32. The zero-order chi connectivity index (χ0) is 21.2. The van der Waals surface area contributed by atoms with E-state index in [0.29, 0.717) is 0 Å². The van der Waals surface area contributed by atoms with Crippen molar-refractivity contribution in [1.29, 1.82) is 0 Å². The summed E-state index contributed by atoms with van der Waals surface area (Å²) in [6.45, 7) is -1.73. The smallest absolute Gasteiger partial charge is 0.122 e. The molecule has 0 aromatic heterocycles. The van der Waals surface area contributed by atoms with Gasteiger partial charge in [0.2, 0.25) is 0 Å². The third kappa shape index (κ3) is 18.2. The van der Waals surface area contributed by atoms with Gasteiger partial charge in [-0.05, 0) is 0 Å². The summed E-state index contributed by atoms with van der Waals surface area (Å²) in [5, 5.41) is 107. The Morgan fingerprint density at radius 2 is 0.774 bits per heavy atom. The van der Waals surface area contributed by atoms with Crippen molar-refractivity contribution in [2.45, 2.75) is 48.8 Å². The van der Waals surface area contributed by atoms with Crippen LogP contribution in [0.1, 0.15) is 0 Å². The summed E-state index contributed by atoms with van der Waals surface area (Å²) in [7, 11) is 0. The average Bonchev–Trinajstić information content (AvgIpc) is 2.62. The van der Waals surface area contributed by atoms with Crippen LogP contribution in [0.5, 0.6) is 0 Å².